The molecule has 0 aliphatic carbocycles. The number of alkyl halides is 2. The van der Waals surface area contributed by atoms with E-state index in [1.807, 2.05) is 6.92 Å². The Morgan fingerprint density at radius 3 is 2.53 bits per heavy atom. The van der Waals surface area contributed by atoms with Gasteiger partial charge in [0.05, 0.1) is 16.1 Å². The van der Waals surface area contributed by atoms with Crippen LogP contribution >= 0.6 is 15.9 Å². The van der Waals surface area contributed by atoms with E-state index in [2.05, 4.69) is 26.2 Å². The minimum absolute atomic E-state index is 0.0297. The van der Waals surface area contributed by atoms with Crippen LogP contribution in [0.1, 0.15) is 52.0 Å². The van der Waals surface area contributed by atoms with Gasteiger partial charge in [0, 0.05) is 68.0 Å². The standard InChI is InChI=1S/C24H26BrF2N5O4/c1-15-9-16(13-28-12-15)22(33)31-6-2-3-18(14-31)29-21-19(10-17(25)11-20(21)32(35)36)23(34)30-7-4-24(26,27)5-8-30/h9-13,18,29H,2-8,14H2,1H3/t18-/m1/s1. The lowest BCUT2D eigenvalue weighted by atomic mass is 10.0. The minimum Gasteiger partial charge on any atom is -0.374 e. The molecule has 36 heavy (non-hydrogen) atoms. The van der Waals surface area contributed by atoms with E-state index < -0.39 is 29.6 Å². The molecule has 2 fully saturated rings. The maximum Gasteiger partial charge on any atom is 0.294 e. The van der Waals surface area contributed by atoms with Crippen LogP contribution in [0.5, 0.6) is 0 Å². The first-order chi connectivity index (χ1) is 17.0. The number of hydrogen-bond donors (Lipinski definition) is 1. The van der Waals surface area contributed by atoms with Gasteiger partial charge in [-0.3, -0.25) is 24.7 Å². The Morgan fingerprint density at radius 2 is 1.86 bits per heavy atom. The molecule has 1 aromatic carbocycles. The van der Waals surface area contributed by atoms with E-state index in [1.54, 1.807) is 17.2 Å². The van der Waals surface area contributed by atoms with Gasteiger partial charge in [0.1, 0.15) is 5.69 Å². The summed E-state index contributed by atoms with van der Waals surface area (Å²) in [6.45, 7) is 2.38. The predicted octanol–water partition coefficient (Wildman–Crippen LogP) is 4.65. The lowest BCUT2D eigenvalue weighted by Gasteiger charge is -2.35. The fourth-order valence-electron chi connectivity index (χ4n) is 4.60. The number of hydrogen-bond acceptors (Lipinski definition) is 6. The van der Waals surface area contributed by atoms with E-state index in [4.69, 9.17) is 0 Å². The molecule has 0 saturated carbocycles. The molecule has 2 saturated heterocycles. The number of halogens is 3. The minimum atomic E-state index is -2.83. The van der Waals surface area contributed by atoms with Crippen LogP contribution in [0.2, 0.25) is 0 Å². The number of carbonyl (C=O) groups excluding carboxylic acids is 2. The van der Waals surface area contributed by atoms with Crippen molar-refractivity contribution in [2.24, 2.45) is 0 Å². The predicted molar refractivity (Wildman–Crippen MR) is 132 cm³/mol. The summed E-state index contributed by atoms with van der Waals surface area (Å²) in [5.74, 6) is -3.56. The summed E-state index contributed by atoms with van der Waals surface area (Å²) in [4.78, 5) is 44.7. The van der Waals surface area contributed by atoms with Gasteiger partial charge < -0.3 is 15.1 Å². The van der Waals surface area contributed by atoms with Gasteiger partial charge in [0.2, 0.25) is 0 Å². The van der Waals surface area contributed by atoms with Gasteiger partial charge in [-0.05, 0) is 37.5 Å². The molecule has 0 unspecified atom stereocenters. The molecule has 1 N–H and O–H groups in total. The highest BCUT2D eigenvalue weighted by Crippen LogP contribution is 2.36. The van der Waals surface area contributed by atoms with E-state index in [0.717, 1.165) is 5.56 Å². The molecule has 12 heteroatoms. The van der Waals surface area contributed by atoms with Crippen molar-refractivity contribution in [3.63, 3.8) is 0 Å². The third-order valence-electron chi connectivity index (χ3n) is 6.47. The van der Waals surface area contributed by atoms with Crippen molar-refractivity contribution in [3.8, 4) is 0 Å². The topological polar surface area (TPSA) is 109 Å². The van der Waals surface area contributed by atoms with Crippen molar-refractivity contribution in [3.05, 3.63) is 61.9 Å². The fraction of sp³-hybridized carbons (Fsp3) is 0.458. The van der Waals surface area contributed by atoms with Gasteiger partial charge in [-0.25, -0.2) is 8.78 Å². The Labute approximate surface area is 215 Å². The highest BCUT2D eigenvalue weighted by Gasteiger charge is 2.37. The lowest BCUT2D eigenvalue weighted by Crippen LogP contribution is -2.46. The molecule has 0 spiro atoms. The number of amides is 2. The monoisotopic (exact) mass is 565 g/mol. The maximum atomic E-state index is 13.6. The second kappa shape index (κ2) is 10.5. The SMILES string of the molecule is Cc1cncc(C(=O)N2CCC[C@@H](Nc3c(C(=O)N4CCC(F)(F)CC4)cc(Br)cc3[N+](=O)[O-])C2)c1. The summed E-state index contributed by atoms with van der Waals surface area (Å²) < 4.78 is 27.6. The summed E-state index contributed by atoms with van der Waals surface area (Å²) in [6.07, 6.45) is 3.55. The van der Waals surface area contributed by atoms with Crippen molar-refractivity contribution in [2.75, 3.05) is 31.5 Å². The zero-order valence-corrected chi connectivity index (χ0v) is 21.3. The van der Waals surface area contributed by atoms with Crippen LogP contribution in [-0.4, -0.2) is 69.7 Å². The van der Waals surface area contributed by atoms with Crippen molar-refractivity contribution >= 4 is 39.1 Å². The van der Waals surface area contributed by atoms with Crippen LogP contribution in [0.15, 0.2) is 35.1 Å². The number of nitro benzene ring substituents is 1. The Balaban J connectivity index is 1.59. The fourth-order valence-corrected chi connectivity index (χ4v) is 5.05. The number of nitrogens with zero attached hydrogens (tertiary/aromatic N) is 4. The number of carbonyl (C=O) groups is 2. The second-order valence-corrected chi connectivity index (χ2v) is 10.2. The number of nitrogens with one attached hydrogen (secondary N) is 1. The van der Waals surface area contributed by atoms with E-state index in [1.165, 1.54) is 23.2 Å². The van der Waals surface area contributed by atoms with E-state index in [-0.39, 0.29) is 48.5 Å². The number of rotatable bonds is 5. The number of aromatic nitrogens is 1. The third kappa shape index (κ3) is 5.80. The van der Waals surface area contributed by atoms with Gasteiger partial charge in [-0.2, -0.15) is 0 Å². The van der Waals surface area contributed by atoms with E-state index >= 15 is 0 Å². The second-order valence-electron chi connectivity index (χ2n) is 9.24. The van der Waals surface area contributed by atoms with Crippen LogP contribution in [0, 0.1) is 17.0 Å². The number of piperidine rings is 2. The Morgan fingerprint density at radius 1 is 1.14 bits per heavy atom. The Kier molecular flexibility index (Phi) is 7.53. The Hall–Kier alpha value is -3.15. The number of anilines is 1. The molecule has 192 valence electrons. The summed E-state index contributed by atoms with van der Waals surface area (Å²) >= 11 is 3.23. The summed E-state index contributed by atoms with van der Waals surface area (Å²) in [5.41, 5.74) is 1.08. The molecular formula is C24H26BrF2N5O4. The van der Waals surface area contributed by atoms with Crippen LogP contribution in [0.4, 0.5) is 20.2 Å². The first-order valence-electron chi connectivity index (χ1n) is 11.7. The average molecular weight is 566 g/mol. The maximum absolute atomic E-state index is 13.6. The average Bonchev–Trinajstić information content (AvgIpc) is 2.84. The van der Waals surface area contributed by atoms with Gasteiger partial charge in [-0.1, -0.05) is 15.9 Å². The number of aryl methyl sites for hydroxylation is 1. The highest BCUT2D eigenvalue weighted by molar-refractivity contribution is 9.10. The van der Waals surface area contributed by atoms with Crippen LogP contribution < -0.4 is 5.32 Å². The van der Waals surface area contributed by atoms with E-state index in [0.29, 0.717) is 29.4 Å². The number of benzene rings is 1. The third-order valence-corrected chi connectivity index (χ3v) is 6.93. The smallest absolute Gasteiger partial charge is 0.294 e. The van der Waals surface area contributed by atoms with Crippen LogP contribution in [0.25, 0.3) is 0 Å². The molecule has 0 bridgehead atoms. The Bertz CT molecular complexity index is 1190. The zero-order valence-electron chi connectivity index (χ0n) is 19.7. The summed E-state index contributed by atoms with van der Waals surface area (Å²) in [5, 5.41) is 15.0. The highest BCUT2D eigenvalue weighted by atomic mass is 79.9. The van der Waals surface area contributed by atoms with Gasteiger partial charge >= 0.3 is 0 Å². The van der Waals surface area contributed by atoms with Crippen molar-refractivity contribution < 1.29 is 23.3 Å². The van der Waals surface area contributed by atoms with Gasteiger partial charge in [0.15, 0.2) is 0 Å². The van der Waals surface area contributed by atoms with Crippen molar-refractivity contribution in [2.45, 2.75) is 44.6 Å². The summed E-state index contributed by atoms with van der Waals surface area (Å²) in [6, 6.07) is 4.17. The quantitative estimate of drug-likeness (QED) is 0.417. The molecular weight excluding hydrogens is 540 g/mol. The molecule has 2 aliphatic rings. The normalized spacial score (nSPS) is 19.6. The summed E-state index contributed by atoms with van der Waals surface area (Å²) in [7, 11) is 0. The van der Waals surface area contributed by atoms with Gasteiger partial charge in [-0.15, -0.1) is 0 Å². The molecule has 1 atom stereocenters. The van der Waals surface area contributed by atoms with Gasteiger partial charge in [0.25, 0.3) is 23.4 Å². The first-order valence-corrected chi connectivity index (χ1v) is 12.5. The number of likely N-dealkylation sites (tertiary alicyclic amines) is 2. The van der Waals surface area contributed by atoms with Crippen molar-refractivity contribution in [1.29, 1.82) is 0 Å². The lowest BCUT2D eigenvalue weighted by molar-refractivity contribution is -0.384. The van der Waals surface area contributed by atoms with Crippen LogP contribution in [0.3, 0.4) is 0 Å². The molecule has 9 nitrogen and oxygen atoms in total. The number of pyridine rings is 1. The molecule has 2 aromatic rings. The first kappa shape index (κ1) is 25.9. The van der Waals surface area contributed by atoms with E-state index in [9.17, 15) is 28.5 Å². The molecule has 4 rings (SSSR count). The van der Waals surface area contributed by atoms with Crippen LogP contribution in [-0.2, 0) is 0 Å². The molecule has 2 amide bonds. The zero-order chi connectivity index (χ0) is 26.0. The number of nitro groups is 1. The van der Waals surface area contributed by atoms with Crippen molar-refractivity contribution in [1.82, 2.24) is 14.8 Å². The molecule has 2 aliphatic heterocycles. The molecule has 1 aromatic heterocycles. The molecule has 3 heterocycles. The molecule has 0 radical (unpaired) electrons. The largest absolute Gasteiger partial charge is 0.374 e.